The maximum atomic E-state index is 5.89. The van der Waals surface area contributed by atoms with Gasteiger partial charge in [-0.1, -0.05) is 0 Å². The van der Waals surface area contributed by atoms with Gasteiger partial charge in [0.05, 0.1) is 6.20 Å². The van der Waals surface area contributed by atoms with Crippen LogP contribution in [0.15, 0.2) is 33.0 Å². The standard InChI is InChI=1S/C12H15N3S3/c1-16-9-4-7(8-6-14-15-12(8)13)5-10(17-2)11(9)18-3/h4-6H,1-3H3,(H3,13,14,15). The number of aromatic nitrogens is 2. The van der Waals surface area contributed by atoms with Crippen molar-refractivity contribution in [1.29, 1.82) is 0 Å². The van der Waals surface area contributed by atoms with Gasteiger partial charge in [0.2, 0.25) is 0 Å². The lowest BCUT2D eigenvalue weighted by Crippen LogP contribution is -1.90. The fourth-order valence-corrected chi connectivity index (χ4v) is 4.43. The molecule has 0 aliphatic carbocycles. The zero-order valence-corrected chi connectivity index (χ0v) is 12.9. The maximum absolute atomic E-state index is 5.89. The zero-order valence-electron chi connectivity index (χ0n) is 10.5. The minimum absolute atomic E-state index is 0.617. The van der Waals surface area contributed by atoms with Crippen molar-refractivity contribution < 1.29 is 0 Å². The van der Waals surface area contributed by atoms with E-state index in [0.29, 0.717) is 5.82 Å². The third-order valence-corrected chi connectivity index (χ3v) is 5.27. The largest absolute Gasteiger partial charge is 0.384 e. The van der Waals surface area contributed by atoms with E-state index in [1.54, 1.807) is 41.5 Å². The van der Waals surface area contributed by atoms with Gasteiger partial charge in [-0.3, -0.25) is 5.10 Å². The molecule has 0 saturated heterocycles. The molecule has 6 heteroatoms. The number of aromatic amines is 1. The molecule has 96 valence electrons. The average Bonchev–Trinajstić information content (AvgIpc) is 2.83. The topological polar surface area (TPSA) is 54.7 Å². The highest BCUT2D eigenvalue weighted by molar-refractivity contribution is 8.03. The molecule has 3 N–H and O–H groups in total. The summed E-state index contributed by atoms with van der Waals surface area (Å²) in [5.41, 5.74) is 7.97. The van der Waals surface area contributed by atoms with E-state index in [-0.39, 0.29) is 0 Å². The predicted octanol–water partition coefficient (Wildman–Crippen LogP) is 3.82. The molecule has 0 unspecified atom stereocenters. The van der Waals surface area contributed by atoms with Crippen molar-refractivity contribution in [2.45, 2.75) is 14.7 Å². The summed E-state index contributed by atoms with van der Waals surface area (Å²) in [6.07, 6.45) is 8.08. The van der Waals surface area contributed by atoms with Crippen LogP contribution in [0, 0.1) is 0 Å². The molecular formula is C12H15N3S3. The molecule has 0 aliphatic rings. The lowest BCUT2D eigenvalue weighted by molar-refractivity contribution is 1.10. The van der Waals surface area contributed by atoms with Crippen LogP contribution in [-0.4, -0.2) is 29.0 Å². The van der Waals surface area contributed by atoms with Gasteiger partial charge in [-0.25, -0.2) is 0 Å². The molecule has 0 amide bonds. The van der Waals surface area contributed by atoms with Crippen LogP contribution in [-0.2, 0) is 0 Å². The summed E-state index contributed by atoms with van der Waals surface area (Å²) in [6.45, 7) is 0. The Kier molecular flexibility index (Phi) is 4.53. The van der Waals surface area contributed by atoms with Gasteiger partial charge in [-0.05, 0) is 36.5 Å². The molecular weight excluding hydrogens is 282 g/mol. The van der Waals surface area contributed by atoms with E-state index >= 15 is 0 Å². The highest BCUT2D eigenvalue weighted by Crippen LogP contribution is 2.40. The Morgan fingerprint density at radius 1 is 1.06 bits per heavy atom. The number of thioether (sulfide) groups is 3. The van der Waals surface area contributed by atoms with Crippen molar-refractivity contribution in [3.63, 3.8) is 0 Å². The lowest BCUT2D eigenvalue weighted by atomic mass is 10.1. The van der Waals surface area contributed by atoms with E-state index in [9.17, 15) is 0 Å². The monoisotopic (exact) mass is 297 g/mol. The van der Waals surface area contributed by atoms with E-state index in [2.05, 4.69) is 41.1 Å². The number of nitrogens with one attached hydrogen (secondary N) is 1. The number of anilines is 1. The fraction of sp³-hybridized carbons (Fsp3) is 0.250. The summed E-state index contributed by atoms with van der Waals surface area (Å²) in [7, 11) is 0. The first-order valence-corrected chi connectivity index (χ1v) is 8.98. The first-order chi connectivity index (χ1) is 8.71. The summed E-state index contributed by atoms with van der Waals surface area (Å²) < 4.78 is 0. The quantitative estimate of drug-likeness (QED) is 0.840. The number of hydrogen-bond acceptors (Lipinski definition) is 5. The van der Waals surface area contributed by atoms with Crippen LogP contribution in [0.4, 0.5) is 5.82 Å². The normalized spacial score (nSPS) is 10.8. The Labute approximate surface area is 120 Å². The highest BCUT2D eigenvalue weighted by atomic mass is 32.2. The van der Waals surface area contributed by atoms with E-state index < -0.39 is 0 Å². The molecule has 2 aromatic rings. The Balaban J connectivity index is 2.60. The second-order valence-corrected chi connectivity index (χ2v) is 6.12. The van der Waals surface area contributed by atoms with Crippen LogP contribution in [0.25, 0.3) is 11.1 Å². The van der Waals surface area contributed by atoms with Gasteiger partial charge in [-0.15, -0.1) is 35.3 Å². The minimum atomic E-state index is 0.617. The first kappa shape index (κ1) is 13.7. The van der Waals surface area contributed by atoms with Crippen molar-refractivity contribution >= 4 is 41.1 Å². The summed E-state index contributed by atoms with van der Waals surface area (Å²) >= 11 is 5.31. The van der Waals surface area contributed by atoms with Gasteiger partial charge in [0.25, 0.3) is 0 Å². The van der Waals surface area contributed by atoms with Crippen LogP contribution in [0.5, 0.6) is 0 Å². The molecule has 1 aromatic heterocycles. The second-order valence-electron chi connectivity index (χ2n) is 3.61. The van der Waals surface area contributed by atoms with Crippen LogP contribution < -0.4 is 5.73 Å². The molecule has 2 rings (SSSR count). The number of rotatable bonds is 4. The number of nitrogens with two attached hydrogens (primary N) is 1. The molecule has 0 fully saturated rings. The number of nitrogens with zero attached hydrogens (tertiary/aromatic N) is 1. The molecule has 18 heavy (non-hydrogen) atoms. The summed E-state index contributed by atoms with van der Waals surface area (Å²) in [5, 5.41) is 6.76. The zero-order chi connectivity index (χ0) is 13.1. The van der Waals surface area contributed by atoms with Gasteiger partial charge in [0, 0.05) is 20.2 Å². The van der Waals surface area contributed by atoms with E-state index in [0.717, 1.165) is 11.1 Å². The molecule has 1 aromatic carbocycles. The average molecular weight is 297 g/mol. The van der Waals surface area contributed by atoms with Crippen molar-refractivity contribution in [1.82, 2.24) is 10.2 Å². The summed E-state index contributed by atoms with van der Waals surface area (Å²) in [5.74, 6) is 0.617. The van der Waals surface area contributed by atoms with Gasteiger partial charge < -0.3 is 5.73 Å². The number of nitrogen functional groups attached to an aromatic ring is 1. The second kappa shape index (κ2) is 5.95. The summed E-state index contributed by atoms with van der Waals surface area (Å²) in [6, 6.07) is 4.36. The van der Waals surface area contributed by atoms with Crippen LogP contribution in [0.2, 0.25) is 0 Å². The maximum Gasteiger partial charge on any atom is 0.126 e. The number of H-pyrrole nitrogens is 1. The molecule has 0 spiro atoms. The SMILES string of the molecule is CSc1cc(-c2cn[nH]c2N)cc(SC)c1SC. The van der Waals surface area contributed by atoms with Gasteiger partial charge in [0.1, 0.15) is 5.82 Å². The molecule has 0 radical (unpaired) electrons. The fourth-order valence-electron chi connectivity index (χ4n) is 1.76. The smallest absolute Gasteiger partial charge is 0.126 e. The van der Waals surface area contributed by atoms with Crippen molar-refractivity contribution in [2.75, 3.05) is 24.5 Å². The van der Waals surface area contributed by atoms with Crippen molar-refractivity contribution in [3.05, 3.63) is 18.3 Å². The molecule has 0 aliphatic heterocycles. The molecule has 0 bridgehead atoms. The number of hydrogen-bond donors (Lipinski definition) is 2. The third-order valence-electron chi connectivity index (χ3n) is 2.64. The van der Waals surface area contributed by atoms with Crippen molar-refractivity contribution in [2.24, 2.45) is 0 Å². The molecule has 0 saturated carbocycles. The molecule has 3 nitrogen and oxygen atoms in total. The Morgan fingerprint density at radius 3 is 2.06 bits per heavy atom. The van der Waals surface area contributed by atoms with Crippen molar-refractivity contribution in [3.8, 4) is 11.1 Å². The third kappa shape index (κ3) is 2.50. The molecule has 0 atom stereocenters. The van der Waals surface area contributed by atoms with E-state index in [4.69, 9.17) is 5.73 Å². The lowest BCUT2D eigenvalue weighted by Gasteiger charge is -2.12. The van der Waals surface area contributed by atoms with Gasteiger partial charge in [0.15, 0.2) is 0 Å². The first-order valence-electron chi connectivity index (χ1n) is 5.30. The van der Waals surface area contributed by atoms with E-state index in [1.165, 1.54) is 14.7 Å². The predicted molar refractivity (Wildman–Crippen MR) is 83.8 cm³/mol. The molecule has 1 heterocycles. The Hall–Kier alpha value is -0.720. The Morgan fingerprint density at radius 2 is 1.67 bits per heavy atom. The van der Waals surface area contributed by atoms with Crippen LogP contribution in [0.3, 0.4) is 0 Å². The van der Waals surface area contributed by atoms with Gasteiger partial charge in [-0.2, -0.15) is 5.10 Å². The van der Waals surface area contributed by atoms with Gasteiger partial charge >= 0.3 is 0 Å². The Bertz CT molecular complexity index is 526. The van der Waals surface area contributed by atoms with Crippen LogP contribution in [0.1, 0.15) is 0 Å². The summed E-state index contributed by atoms with van der Waals surface area (Å²) in [4.78, 5) is 3.90. The van der Waals surface area contributed by atoms with E-state index in [1.807, 2.05) is 0 Å². The number of benzene rings is 1. The minimum Gasteiger partial charge on any atom is -0.384 e. The highest BCUT2D eigenvalue weighted by Gasteiger charge is 2.12. The van der Waals surface area contributed by atoms with Crippen LogP contribution >= 0.6 is 35.3 Å².